The number of nitrogens with zero attached hydrogens (tertiary/aromatic N) is 4. The Morgan fingerprint density at radius 1 is 1.63 bits per heavy atom. The summed E-state index contributed by atoms with van der Waals surface area (Å²) in [6.45, 7) is 6.06. The minimum absolute atomic E-state index is 0.173. The van der Waals surface area contributed by atoms with Crippen molar-refractivity contribution < 1.29 is 9.53 Å². The molecule has 2 atom stereocenters. The highest BCUT2D eigenvalue weighted by molar-refractivity contribution is 7.99. The number of aromatic nitrogens is 4. The van der Waals surface area contributed by atoms with Gasteiger partial charge in [-0.05, 0) is 37.7 Å². The molecule has 0 fully saturated rings. The van der Waals surface area contributed by atoms with E-state index in [1.807, 2.05) is 13.8 Å². The molecular weight excluding hydrogens is 266 g/mol. The summed E-state index contributed by atoms with van der Waals surface area (Å²) >= 11 is 1.53. The van der Waals surface area contributed by atoms with Crippen LogP contribution in [0.1, 0.15) is 27.2 Å². The van der Waals surface area contributed by atoms with Gasteiger partial charge in [0.15, 0.2) is 0 Å². The fourth-order valence-electron chi connectivity index (χ4n) is 1.70. The number of thioether (sulfide) groups is 1. The van der Waals surface area contributed by atoms with Crippen LogP contribution in [0.25, 0.3) is 0 Å². The molecule has 108 valence electrons. The molecular formula is C11H21N5O2S. The van der Waals surface area contributed by atoms with Crippen molar-refractivity contribution in [2.75, 3.05) is 13.7 Å². The number of esters is 1. The van der Waals surface area contributed by atoms with Gasteiger partial charge < -0.3 is 10.1 Å². The van der Waals surface area contributed by atoms with Gasteiger partial charge in [-0.2, -0.15) is 0 Å². The highest BCUT2D eigenvalue weighted by Crippen LogP contribution is 2.27. The van der Waals surface area contributed by atoms with Crippen molar-refractivity contribution in [1.29, 1.82) is 0 Å². The van der Waals surface area contributed by atoms with Crippen LogP contribution < -0.4 is 5.32 Å². The maximum Gasteiger partial charge on any atom is 0.326 e. The standard InChI is InChI=1S/C11H21N5O2S/c1-6-18-9(17)11(3,12-4)7-8(2)19-10-13-14-15-16(10)5/h8,12H,6-7H2,1-5H3. The molecule has 1 N–H and O–H groups in total. The Bertz CT molecular complexity index is 425. The zero-order valence-electron chi connectivity index (χ0n) is 12.0. The number of nitrogens with one attached hydrogen (secondary N) is 1. The third-order valence-electron chi connectivity index (χ3n) is 2.86. The Morgan fingerprint density at radius 3 is 2.79 bits per heavy atom. The van der Waals surface area contributed by atoms with Crippen LogP contribution in [0.2, 0.25) is 0 Å². The van der Waals surface area contributed by atoms with E-state index in [4.69, 9.17) is 4.74 Å². The molecule has 0 radical (unpaired) electrons. The maximum absolute atomic E-state index is 12.0. The van der Waals surface area contributed by atoms with Crippen molar-refractivity contribution in [1.82, 2.24) is 25.5 Å². The van der Waals surface area contributed by atoms with Crippen molar-refractivity contribution in [2.24, 2.45) is 7.05 Å². The quantitative estimate of drug-likeness (QED) is 0.581. The fraction of sp³-hybridized carbons (Fsp3) is 0.818. The number of ether oxygens (including phenoxy) is 1. The number of hydrogen-bond donors (Lipinski definition) is 1. The molecule has 2 unspecified atom stereocenters. The molecule has 1 aromatic rings. The second-order valence-electron chi connectivity index (χ2n) is 4.52. The van der Waals surface area contributed by atoms with Gasteiger partial charge in [-0.25, -0.2) is 4.68 Å². The van der Waals surface area contributed by atoms with E-state index in [1.165, 1.54) is 11.8 Å². The summed E-state index contributed by atoms with van der Waals surface area (Å²) in [6.07, 6.45) is 0.625. The number of carbonyl (C=O) groups excluding carboxylic acids is 1. The van der Waals surface area contributed by atoms with Gasteiger partial charge >= 0.3 is 5.97 Å². The van der Waals surface area contributed by atoms with E-state index in [2.05, 4.69) is 20.8 Å². The van der Waals surface area contributed by atoms with E-state index in [1.54, 1.807) is 25.7 Å². The Morgan fingerprint density at radius 2 is 2.32 bits per heavy atom. The van der Waals surface area contributed by atoms with Gasteiger partial charge in [0.25, 0.3) is 0 Å². The van der Waals surface area contributed by atoms with Gasteiger partial charge in [0, 0.05) is 12.3 Å². The van der Waals surface area contributed by atoms with E-state index < -0.39 is 5.54 Å². The molecule has 19 heavy (non-hydrogen) atoms. The van der Waals surface area contributed by atoms with Gasteiger partial charge in [-0.1, -0.05) is 18.7 Å². The van der Waals surface area contributed by atoms with E-state index >= 15 is 0 Å². The lowest BCUT2D eigenvalue weighted by atomic mass is 9.96. The molecule has 0 bridgehead atoms. The first-order valence-corrected chi connectivity index (χ1v) is 7.06. The maximum atomic E-state index is 12.0. The first-order chi connectivity index (χ1) is 8.92. The molecule has 0 amide bonds. The molecule has 0 aromatic carbocycles. The van der Waals surface area contributed by atoms with E-state index in [0.29, 0.717) is 13.0 Å². The summed E-state index contributed by atoms with van der Waals surface area (Å²) in [6, 6.07) is 0. The lowest BCUT2D eigenvalue weighted by molar-refractivity contribution is -0.150. The Labute approximate surface area is 117 Å². The lowest BCUT2D eigenvalue weighted by Gasteiger charge is -2.29. The molecule has 0 aliphatic carbocycles. The number of hydrogen-bond acceptors (Lipinski definition) is 7. The van der Waals surface area contributed by atoms with Crippen LogP contribution in [-0.2, 0) is 16.6 Å². The number of tetrazole rings is 1. The monoisotopic (exact) mass is 287 g/mol. The van der Waals surface area contributed by atoms with E-state index in [0.717, 1.165) is 5.16 Å². The summed E-state index contributed by atoms with van der Waals surface area (Å²) in [5.74, 6) is -0.235. The summed E-state index contributed by atoms with van der Waals surface area (Å²) in [5, 5.41) is 15.2. The van der Waals surface area contributed by atoms with Crippen LogP contribution in [-0.4, -0.2) is 50.6 Å². The minimum atomic E-state index is -0.700. The average Bonchev–Trinajstić information content (AvgIpc) is 2.75. The number of carbonyl (C=O) groups is 1. The zero-order chi connectivity index (χ0) is 14.5. The molecule has 0 aliphatic heterocycles. The van der Waals surface area contributed by atoms with Gasteiger partial charge in [0.05, 0.1) is 6.61 Å². The Kier molecular flexibility index (Phi) is 5.74. The largest absolute Gasteiger partial charge is 0.465 e. The molecule has 7 nitrogen and oxygen atoms in total. The van der Waals surface area contributed by atoms with Crippen LogP contribution in [0.15, 0.2) is 5.16 Å². The molecule has 1 aromatic heterocycles. The van der Waals surface area contributed by atoms with Crippen molar-refractivity contribution in [3.63, 3.8) is 0 Å². The number of rotatable bonds is 7. The molecule has 1 rings (SSSR count). The molecule has 0 aliphatic rings. The van der Waals surface area contributed by atoms with Gasteiger partial charge in [-0.3, -0.25) is 4.79 Å². The summed E-state index contributed by atoms with van der Waals surface area (Å²) in [4.78, 5) is 12.0. The minimum Gasteiger partial charge on any atom is -0.465 e. The Balaban J connectivity index is 2.65. The van der Waals surface area contributed by atoms with Gasteiger partial charge in [-0.15, -0.1) is 5.10 Å². The molecule has 8 heteroatoms. The lowest BCUT2D eigenvalue weighted by Crippen LogP contribution is -2.50. The SMILES string of the molecule is CCOC(=O)C(C)(CC(C)Sc1nnnn1C)NC. The van der Waals surface area contributed by atoms with Crippen LogP contribution in [0, 0.1) is 0 Å². The average molecular weight is 287 g/mol. The van der Waals surface area contributed by atoms with Gasteiger partial charge in [0.1, 0.15) is 5.54 Å². The van der Waals surface area contributed by atoms with Crippen LogP contribution in [0.3, 0.4) is 0 Å². The fourth-order valence-corrected chi connectivity index (χ4v) is 2.74. The molecule has 1 heterocycles. The Hall–Kier alpha value is -1.15. The zero-order valence-corrected chi connectivity index (χ0v) is 12.8. The second kappa shape index (κ2) is 6.85. The van der Waals surface area contributed by atoms with Crippen molar-refractivity contribution in [3.8, 4) is 0 Å². The van der Waals surface area contributed by atoms with Crippen LogP contribution in [0.5, 0.6) is 0 Å². The number of likely N-dealkylation sites (N-methyl/N-ethyl adjacent to an activating group) is 1. The summed E-state index contributed by atoms with van der Waals surface area (Å²) in [5.41, 5.74) is -0.700. The summed E-state index contributed by atoms with van der Waals surface area (Å²) in [7, 11) is 3.55. The third-order valence-corrected chi connectivity index (χ3v) is 3.99. The number of aryl methyl sites for hydroxylation is 1. The summed E-state index contributed by atoms with van der Waals surface area (Å²) < 4.78 is 6.71. The third kappa shape index (κ3) is 4.17. The molecule has 0 saturated heterocycles. The highest BCUT2D eigenvalue weighted by atomic mass is 32.2. The first kappa shape index (κ1) is 15.9. The topological polar surface area (TPSA) is 81.9 Å². The smallest absolute Gasteiger partial charge is 0.326 e. The van der Waals surface area contributed by atoms with E-state index in [-0.39, 0.29) is 11.2 Å². The first-order valence-electron chi connectivity index (χ1n) is 6.18. The normalized spacial score (nSPS) is 15.8. The molecule has 0 spiro atoms. The van der Waals surface area contributed by atoms with Crippen molar-refractivity contribution in [2.45, 2.75) is 43.1 Å². The van der Waals surface area contributed by atoms with Crippen molar-refractivity contribution in [3.05, 3.63) is 0 Å². The van der Waals surface area contributed by atoms with Crippen LogP contribution >= 0.6 is 11.8 Å². The second-order valence-corrected chi connectivity index (χ2v) is 5.93. The van der Waals surface area contributed by atoms with Crippen molar-refractivity contribution >= 4 is 17.7 Å². The van der Waals surface area contributed by atoms with Crippen LogP contribution in [0.4, 0.5) is 0 Å². The van der Waals surface area contributed by atoms with Gasteiger partial charge in [0.2, 0.25) is 5.16 Å². The highest BCUT2D eigenvalue weighted by Gasteiger charge is 2.35. The predicted molar refractivity (Wildman–Crippen MR) is 72.8 cm³/mol. The van der Waals surface area contributed by atoms with E-state index in [9.17, 15) is 4.79 Å². The predicted octanol–water partition coefficient (Wildman–Crippen LogP) is 0.622. The molecule has 0 saturated carbocycles.